The van der Waals surface area contributed by atoms with E-state index >= 15 is 0 Å². The number of piperidine rings is 1. The Labute approximate surface area is 136 Å². The standard InChI is InChI=1S/C16H26N4O3/c1-11-13(15(22)18-12(2)17-11)8-14(21)20-7-5-6-16(23,10-20)9-19(3)4/h23H,5-10H2,1-4H3,(H,17,18,22)/t16-/m1/s1. The van der Waals surface area contributed by atoms with E-state index in [2.05, 4.69) is 9.97 Å². The van der Waals surface area contributed by atoms with Gasteiger partial charge in [-0.25, -0.2) is 4.98 Å². The third kappa shape index (κ3) is 4.39. The second-order valence-electron chi connectivity index (χ2n) is 6.77. The molecule has 1 atom stereocenters. The molecule has 0 aromatic carbocycles. The van der Waals surface area contributed by atoms with Crippen molar-refractivity contribution in [2.75, 3.05) is 33.7 Å². The molecule has 0 bridgehead atoms. The molecule has 0 aliphatic carbocycles. The van der Waals surface area contributed by atoms with Crippen molar-refractivity contribution in [3.05, 3.63) is 27.4 Å². The molecule has 1 aliphatic rings. The molecule has 1 saturated heterocycles. The average Bonchev–Trinajstić information content (AvgIpc) is 2.41. The van der Waals surface area contributed by atoms with E-state index in [0.717, 1.165) is 6.42 Å². The third-order valence-electron chi connectivity index (χ3n) is 4.19. The van der Waals surface area contributed by atoms with Crippen LogP contribution in [0.3, 0.4) is 0 Å². The van der Waals surface area contributed by atoms with E-state index in [0.29, 0.717) is 43.1 Å². The zero-order valence-corrected chi connectivity index (χ0v) is 14.3. The number of hydrogen-bond donors (Lipinski definition) is 2. The highest BCUT2D eigenvalue weighted by Gasteiger charge is 2.35. The summed E-state index contributed by atoms with van der Waals surface area (Å²) < 4.78 is 0. The second-order valence-corrected chi connectivity index (χ2v) is 6.77. The zero-order chi connectivity index (χ0) is 17.2. The normalized spacial score (nSPS) is 21.7. The Morgan fingerprint density at radius 2 is 2.13 bits per heavy atom. The molecule has 2 heterocycles. The predicted octanol–water partition coefficient (Wildman–Crippen LogP) is -0.156. The number of aliphatic hydroxyl groups is 1. The van der Waals surface area contributed by atoms with E-state index in [9.17, 15) is 14.7 Å². The first-order chi connectivity index (χ1) is 10.7. The molecule has 7 nitrogen and oxygen atoms in total. The number of amides is 1. The van der Waals surface area contributed by atoms with Gasteiger partial charge >= 0.3 is 0 Å². The molecule has 0 saturated carbocycles. The van der Waals surface area contributed by atoms with Crippen LogP contribution in [0.25, 0.3) is 0 Å². The first-order valence-corrected chi connectivity index (χ1v) is 7.91. The Morgan fingerprint density at radius 3 is 2.74 bits per heavy atom. The summed E-state index contributed by atoms with van der Waals surface area (Å²) in [6.07, 6.45) is 1.46. The minimum absolute atomic E-state index is 0.0203. The molecule has 128 valence electrons. The van der Waals surface area contributed by atoms with Crippen molar-refractivity contribution in [3.8, 4) is 0 Å². The molecule has 0 spiro atoms. The lowest BCUT2D eigenvalue weighted by Crippen LogP contribution is -2.55. The summed E-state index contributed by atoms with van der Waals surface area (Å²) in [6, 6.07) is 0. The Hall–Kier alpha value is -1.73. The fourth-order valence-corrected chi connectivity index (χ4v) is 3.27. The van der Waals surface area contributed by atoms with Crippen LogP contribution in [0.2, 0.25) is 0 Å². The van der Waals surface area contributed by atoms with Gasteiger partial charge in [-0.05, 0) is 40.8 Å². The van der Waals surface area contributed by atoms with Gasteiger partial charge < -0.3 is 19.9 Å². The molecule has 1 aliphatic heterocycles. The lowest BCUT2D eigenvalue weighted by atomic mass is 9.92. The predicted molar refractivity (Wildman–Crippen MR) is 87.4 cm³/mol. The van der Waals surface area contributed by atoms with Crippen molar-refractivity contribution < 1.29 is 9.90 Å². The van der Waals surface area contributed by atoms with Crippen molar-refractivity contribution in [2.45, 2.75) is 38.7 Å². The lowest BCUT2D eigenvalue weighted by Gasteiger charge is -2.40. The average molecular weight is 322 g/mol. The first-order valence-electron chi connectivity index (χ1n) is 7.91. The Kier molecular flexibility index (Phi) is 5.21. The van der Waals surface area contributed by atoms with Gasteiger partial charge in [0.1, 0.15) is 5.82 Å². The maximum Gasteiger partial charge on any atom is 0.254 e. The van der Waals surface area contributed by atoms with Gasteiger partial charge in [0.05, 0.1) is 18.6 Å². The van der Waals surface area contributed by atoms with Crippen molar-refractivity contribution in [2.24, 2.45) is 0 Å². The summed E-state index contributed by atoms with van der Waals surface area (Å²) in [7, 11) is 3.80. The van der Waals surface area contributed by atoms with E-state index in [1.165, 1.54) is 0 Å². The van der Waals surface area contributed by atoms with Crippen molar-refractivity contribution in [1.29, 1.82) is 0 Å². The molecule has 1 aromatic rings. The number of likely N-dealkylation sites (tertiary alicyclic amines) is 1. The van der Waals surface area contributed by atoms with Crippen LogP contribution >= 0.6 is 0 Å². The number of β-amino-alcohol motifs (C(OH)–C–C–N with tert-alkyl or cyclic N) is 1. The fourth-order valence-electron chi connectivity index (χ4n) is 3.27. The van der Waals surface area contributed by atoms with Crippen LogP contribution in [0.15, 0.2) is 4.79 Å². The van der Waals surface area contributed by atoms with Gasteiger partial charge in [-0.2, -0.15) is 0 Å². The van der Waals surface area contributed by atoms with Crippen LogP contribution in [0.4, 0.5) is 0 Å². The molecule has 0 unspecified atom stereocenters. The zero-order valence-electron chi connectivity index (χ0n) is 14.3. The number of carbonyl (C=O) groups excluding carboxylic acids is 1. The molecular weight excluding hydrogens is 296 g/mol. The largest absolute Gasteiger partial charge is 0.387 e. The summed E-state index contributed by atoms with van der Waals surface area (Å²) in [5, 5.41) is 10.7. The number of aryl methyl sites for hydroxylation is 2. The van der Waals surface area contributed by atoms with Crippen LogP contribution in [-0.4, -0.2) is 70.1 Å². The van der Waals surface area contributed by atoms with Crippen molar-refractivity contribution >= 4 is 5.91 Å². The molecule has 23 heavy (non-hydrogen) atoms. The smallest absolute Gasteiger partial charge is 0.254 e. The molecule has 1 amide bonds. The quantitative estimate of drug-likeness (QED) is 0.804. The van der Waals surface area contributed by atoms with Gasteiger partial charge in [0.15, 0.2) is 0 Å². The molecule has 2 N–H and O–H groups in total. The number of nitrogens with one attached hydrogen (secondary N) is 1. The van der Waals surface area contributed by atoms with E-state index in [1.807, 2.05) is 19.0 Å². The number of aromatic amines is 1. The van der Waals surface area contributed by atoms with Gasteiger partial charge in [0.2, 0.25) is 5.91 Å². The maximum atomic E-state index is 12.6. The van der Waals surface area contributed by atoms with E-state index in [4.69, 9.17) is 0 Å². The number of nitrogens with zero attached hydrogens (tertiary/aromatic N) is 3. The van der Waals surface area contributed by atoms with Crippen LogP contribution in [0.5, 0.6) is 0 Å². The van der Waals surface area contributed by atoms with Crippen molar-refractivity contribution in [1.82, 2.24) is 19.8 Å². The summed E-state index contributed by atoms with van der Waals surface area (Å²) in [5.41, 5.74) is -0.156. The minimum atomic E-state index is -0.885. The number of hydrogen-bond acceptors (Lipinski definition) is 5. The summed E-state index contributed by atoms with van der Waals surface area (Å²) in [6.45, 7) is 4.89. The maximum absolute atomic E-state index is 12.6. The van der Waals surface area contributed by atoms with E-state index in [1.54, 1.807) is 18.7 Å². The van der Waals surface area contributed by atoms with Gasteiger partial charge in [0.25, 0.3) is 5.56 Å². The first kappa shape index (κ1) is 17.6. The van der Waals surface area contributed by atoms with Crippen LogP contribution in [-0.2, 0) is 11.2 Å². The highest BCUT2D eigenvalue weighted by atomic mass is 16.3. The van der Waals surface area contributed by atoms with Gasteiger partial charge in [0, 0.05) is 24.3 Å². The van der Waals surface area contributed by atoms with E-state index < -0.39 is 5.60 Å². The van der Waals surface area contributed by atoms with E-state index in [-0.39, 0.29) is 17.9 Å². The van der Waals surface area contributed by atoms with Gasteiger partial charge in [-0.1, -0.05) is 0 Å². The molecular formula is C16H26N4O3. The SMILES string of the molecule is Cc1nc(C)c(CC(=O)N2CCC[C@@](O)(CN(C)C)C2)c(=O)[nH]1. The van der Waals surface area contributed by atoms with Crippen LogP contribution < -0.4 is 5.56 Å². The number of aromatic nitrogens is 2. The monoisotopic (exact) mass is 322 g/mol. The minimum Gasteiger partial charge on any atom is -0.387 e. The Bertz CT molecular complexity index is 641. The van der Waals surface area contributed by atoms with Gasteiger partial charge in [-0.3, -0.25) is 9.59 Å². The number of likely N-dealkylation sites (N-methyl/N-ethyl adjacent to an activating group) is 1. The third-order valence-corrected chi connectivity index (χ3v) is 4.19. The summed E-state index contributed by atoms with van der Waals surface area (Å²) >= 11 is 0. The van der Waals surface area contributed by atoms with Crippen LogP contribution in [0.1, 0.15) is 29.9 Å². The van der Waals surface area contributed by atoms with Crippen molar-refractivity contribution in [3.63, 3.8) is 0 Å². The summed E-state index contributed by atoms with van der Waals surface area (Å²) in [5.74, 6) is 0.406. The van der Waals surface area contributed by atoms with Crippen LogP contribution in [0, 0.1) is 13.8 Å². The fraction of sp³-hybridized carbons (Fsp3) is 0.688. The topological polar surface area (TPSA) is 89.5 Å². The highest BCUT2D eigenvalue weighted by Crippen LogP contribution is 2.22. The number of carbonyl (C=O) groups is 1. The molecule has 1 fully saturated rings. The molecule has 1 aromatic heterocycles. The highest BCUT2D eigenvalue weighted by molar-refractivity contribution is 5.79. The second kappa shape index (κ2) is 6.80. The number of H-pyrrole nitrogens is 1. The molecule has 7 heteroatoms. The molecule has 0 radical (unpaired) electrons. The Morgan fingerprint density at radius 1 is 1.43 bits per heavy atom. The lowest BCUT2D eigenvalue weighted by molar-refractivity contribution is -0.138. The Balaban J connectivity index is 2.11. The van der Waals surface area contributed by atoms with Gasteiger partial charge in [-0.15, -0.1) is 0 Å². The summed E-state index contributed by atoms with van der Waals surface area (Å²) in [4.78, 5) is 35.0. The number of rotatable bonds is 4. The molecule has 2 rings (SSSR count).